The van der Waals surface area contributed by atoms with Crippen LogP contribution in [0.5, 0.6) is 0 Å². The Hall–Kier alpha value is -2.24. The number of hydrogen-bond acceptors (Lipinski definition) is 2. The highest BCUT2D eigenvalue weighted by Crippen LogP contribution is 2.15. The standard InChI is InChI=1S/C10H6F2N2O2/c11-6-2-1-3-8(9(6)12)14-5-4-7(13-14)10(15)16/h1-5H,(H,15,16). The summed E-state index contributed by atoms with van der Waals surface area (Å²) in [7, 11) is 0. The predicted octanol–water partition coefficient (Wildman–Crippen LogP) is 1.85. The largest absolute Gasteiger partial charge is 0.476 e. The number of nitrogens with zero attached hydrogens (tertiary/aromatic N) is 2. The average molecular weight is 224 g/mol. The normalized spacial score (nSPS) is 10.4. The number of halogens is 2. The molecule has 0 unspecified atom stereocenters. The second kappa shape index (κ2) is 3.73. The molecule has 0 spiro atoms. The maximum atomic E-state index is 13.3. The molecule has 0 aliphatic heterocycles. The van der Waals surface area contributed by atoms with Crippen LogP contribution in [0.15, 0.2) is 30.5 Å². The second-order valence-electron chi connectivity index (χ2n) is 3.02. The van der Waals surface area contributed by atoms with Crippen LogP contribution in [0.2, 0.25) is 0 Å². The van der Waals surface area contributed by atoms with Gasteiger partial charge in [-0.2, -0.15) is 5.10 Å². The zero-order chi connectivity index (χ0) is 11.7. The average Bonchev–Trinajstić information content (AvgIpc) is 2.71. The first-order valence-corrected chi connectivity index (χ1v) is 4.33. The van der Waals surface area contributed by atoms with E-state index in [2.05, 4.69) is 5.10 Å². The van der Waals surface area contributed by atoms with E-state index in [4.69, 9.17) is 5.11 Å². The zero-order valence-corrected chi connectivity index (χ0v) is 7.89. The van der Waals surface area contributed by atoms with Crippen LogP contribution >= 0.6 is 0 Å². The van der Waals surface area contributed by atoms with Crippen molar-refractivity contribution in [2.24, 2.45) is 0 Å². The van der Waals surface area contributed by atoms with Crippen LogP contribution in [-0.4, -0.2) is 20.9 Å². The molecule has 2 rings (SSSR count). The first-order chi connectivity index (χ1) is 7.59. The minimum absolute atomic E-state index is 0.132. The molecule has 4 nitrogen and oxygen atoms in total. The third-order valence-corrected chi connectivity index (χ3v) is 1.99. The van der Waals surface area contributed by atoms with Crippen molar-refractivity contribution in [3.63, 3.8) is 0 Å². The van der Waals surface area contributed by atoms with Crippen LogP contribution in [0.1, 0.15) is 10.5 Å². The Morgan fingerprint density at radius 1 is 1.31 bits per heavy atom. The number of aromatic nitrogens is 2. The zero-order valence-electron chi connectivity index (χ0n) is 7.89. The van der Waals surface area contributed by atoms with Crippen molar-refractivity contribution in [2.45, 2.75) is 0 Å². The van der Waals surface area contributed by atoms with Gasteiger partial charge in [0.15, 0.2) is 17.3 Å². The van der Waals surface area contributed by atoms with Crippen LogP contribution < -0.4 is 0 Å². The third kappa shape index (κ3) is 1.65. The topological polar surface area (TPSA) is 55.1 Å². The van der Waals surface area contributed by atoms with Crippen molar-refractivity contribution >= 4 is 5.97 Å². The molecule has 1 heterocycles. The van der Waals surface area contributed by atoms with Crippen molar-refractivity contribution in [1.82, 2.24) is 9.78 Å². The van der Waals surface area contributed by atoms with E-state index in [9.17, 15) is 13.6 Å². The summed E-state index contributed by atoms with van der Waals surface area (Å²) >= 11 is 0. The number of benzene rings is 1. The van der Waals surface area contributed by atoms with Crippen LogP contribution in [0, 0.1) is 11.6 Å². The maximum Gasteiger partial charge on any atom is 0.356 e. The van der Waals surface area contributed by atoms with Gasteiger partial charge in [-0.05, 0) is 18.2 Å². The molecule has 0 radical (unpaired) electrons. The first-order valence-electron chi connectivity index (χ1n) is 4.33. The van der Waals surface area contributed by atoms with Gasteiger partial charge >= 0.3 is 5.97 Å². The van der Waals surface area contributed by atoms with Gasteiger partial charge in [0, 0.05) is 6.20 Å². The molecule has 0 fully saturated rings. The Bertz CT molecular complexity index is 552. The minimum Gasteiger partial charge on any atom is -0.476 e. The van der Waals surface area contributed by atoms with E-state index >= 15 is 0 Å². The SMILES string of the molecule is O=C(O)c1ccn(-c2cccc(F)c2F)n1. The Kier molecular flexibility index (Phi) is 2.40. The highest BCUT2D eigenvalue weighted by Gasteiger charge is 2.12. The summed E-state index contributed by atoms with van der Waals surface area (Å²) in [5.74, 6) is -3.30. The van der Waals surface area contributed by atoms with Crippen molar-refractivity contribution in [3.05, 3.63) is 47.8 Å². The molecule has 1 aromatic heterocycles. The number of carboxylic acids is 1. The third-order valence-electron chi connectivity index (χ3n) is 1.99. The lowest BCUT2D eigenvalue weighted by molar-refractivity contribution is 0.0690. The van der Waals surface area contributed by atoms with Gasteiger partial charge < -0.3 is 5.11 Å². The van der Waals surface area contributed by atoms with E-state index in [1.54, 1.807) is 0 Å². The van der Waals surface area contributed by atoms with Gasteiger partial charge in [-0.3, -0.25) is 0 Å². The lowest BCUT2D eigenvalue weighted by Gasteiger charge is -2.02. The number of carbonyl (C=O) groups is 1. The van der Waals surface area contributed by atoms with Crippen molar-refractivity contribution < 1.29 is 18.7 Å². The molecule has 16 heavy (non-hydrogen) atoms. The van der Waals surface area contributed by atoms with Gasteiger partial charge in [-0.1, -0.05) is 6.07 Å². The predicted molar refractivity (Wildman–Crippen MR) is 50.4 cm³/mol. The molecule has 0 saturated heterocycles. The fraction of sp³-hybridized carbons (Fsp3) is 0. The summed E-state index contributed by atoms with van der Waals surface area (Å²) in [4.78, 5) is 10.6. The fourth-order valence-corrected chi connectivity index (χ4v) is 1.24. The van der Waals surface area contributed by atoms with E-state index in [-0.39, 0.29) is 11.4 Å². The molecule has 2 aromatic rings. The van der Waals surface area contributed by atoms with Crippen LogP contribution in [0.25, 0.3) is 5.69 Å². The van der Waals surface area contributed by atoms with Crippen molar-refractivity contribution in [1.29, 1.82) is 0 Å². The molecule has 0 aliphatic rings. The molecule has 6 heteroatoms. The van der Waals surface area contributed by atoms with Gasteiger partial charge in [-0.25, -0.2) is 18.3 Å². The van der Waals surface area contributed by atoms with Gasteiger partial charge in [0.2, 0.25) is 0 Å². The van der Waals surface area contributed by atoms with E-state index in [1.807, 2.05) is 0 Å². The molecule has 1 aromatic carbocycles. The van der Waals surface area contributed by atoms with Crippen molar-refractivity contribution in [2.75, 3.05) is 0 Å². The number of carboxylic acid groups (broad SMARTS) is 1. The summed E-state index contributed by atoms with van der Waals surface area (Å²) in [5.41, 5.74) is -0.365. The minimum atomic E-state index is -1.23. The van der Waals surface area contributed by atoms with E-state index in [0.717, 1.165) is 10.7 Å². The Balaban J connectivity index is 2.50. The fourth-order valence-electron chi connectivity index (χ4n) is 1.24. The van der Waals surface area contributed by atoms with Gasteiger partial charge in [0.1, 0.15) is 5.69 Å². The number of aromatic carboxylic acids is 1. The molecule has 1 N–H and O–H groups in total. The molecular formula is C10H6F2N2O2. The molecule has 0 amide bonds. The number of rotatable bonds is 2. The number of hydrogen-bond donors (Lipinski definition) is 1. The van der Waals surface area contributed by atoms with Crippen LogP contribution in [0.4, 0.5) is 8.78 Å². The van der Waals surface area contributed by atoms with Crippen LogP contribution in [0.3, 0.4) is 0 Å². The molecule has 82 valence electrons. The molecule has 0 atom stereocenters. The summed E-state index contributed by atoms with van der Waals surface area (Å²) in [6.07, 6.45) is 1.25. The molecular weight excluding hydrogens is 218 g/mol. The monoisotopic (exact) mass is 224 g/mol. The highest BCUT2D eigenvalue weighted by atomic mass is 19.2. The smallest absolute Gasteiger partial charge is 0.356 e. The van der Waals surface area contributed by atoms with E-state index < -0.39 is 17.6 Å². The quantitative estimate of drug-likeness (QED) is 0.846. The Morgan fingerprint density at radius 2 is 2.06 bits per heavy atom. The summed E-state index contributed by atoms with van der Waals surface area (Å²) in [5, 5.41) is 12.2. The first kappa shape index (κ1) is 10.3. The lowest BCUT2D eigenvalue weighted by Crippen LogP contribution is -2.03. The van der Waals surface area contributed by atoms with Crippen molar-refractivity contribution in [3.8, 4) is 5.69 Å². The summed E-state index contributed by atoms with van der Waals surface area (Å²) in [6, 6.07) is 4.79. The van der Waals surface area contributed by atoms with Gasteiger partial charge in [-0.15, -0.1) is 0 Å². The Labute approximate surface area is 88.7 Å². The van der Waals surface area contributed by atoms with Crippen LogP contribution in [-0.2, 0) is 0 Å². The second-order valence-corrected chi connectivity index (χ2v) is 3.02. The van der Waals surface area contributed by atoms with E-state index in [0.29, 0.717) is 0 Å². The molecule has 0 aliphatic carbocycles. The molecule has 0 bridgehead atoms. The summed E-state index contributed by atoms with van der Waals surface area (Å²) in [6.45, 7) is 0. The summed E-state index contributed by atoms with van der Waals surface area (Å²) < 4.78 is 27.2. The lowest BCUT2D eigenvalue weighted by atomic mass is 10.3. The maximum absolute atomic E-state index is 13.3. The van der Waals surface area contributed by atoms with Gasteiger partial charge in [0.25, 0.3) is 0 Å². The molecule has 0 saturated carbocycles. The van der Waals surface area contributed by atoms with Gasteiger partial charge in [0.05, 0.1) is 0 Å². The Morgan fingerprint density at radius 3 is 2.69 bits per heavy atom. The highest BCUT2D eigenvalue weighted by molar-refractivity contribution is 5.85. The van der Waals surface area contributed by atoms with E-state index in [1.165, 1.54) is 24.4 Å².